The molecular formula is C11H24N4O. The number of hydrogen-bond acceptors (Lipinski definition) is 4. The largest absolute Gasteiger partial charge is 0.369 e. The molecule has 1 heterocycles. The Labute approximate surface area is 97.7 Å². The van der Waals surface area contributed by atoms with Crippen molar-refractivity contribution in [1.82, 2.24) is 9.80 Å². The van der Waals surface area contributed by atoms with Crippen LogP contribution in [0.25, 0.3) is 0 Å². The second-order valence-electron chi connectivity index (χ2n) is 4.42. The van der Waals surface area contributed by atoms with E-state index in [4.69, 9.17) is 11.5 Å². The lowest BCUT2D eigenvalue weighted by molar-refractivity contribution is -0.119. The van der Waals surface area contributed by atoms with Gasteiger partial charge in [-0.15, -0.1) is 0 Å². The Morgan fingerprint density at radius 1 is 1.31 bits per heavy atom. The molecule has 0 bridgehead atoms. The lowest BCUT2D eigenvalue weighted by Crippen LogP contribution is -2.52. The van der Waals surface area contributed by atoms with Crippen LogP contribution in [0.2, 0.25) is 0 Å². The van der Waals surface area contributed by atoms with E-state index in [9.17, 15) is 4.79 Å². The van der Waals surface area contributed by atoms with E-state index < -0.39 is 0 Å². The molecule has 16 heavy (non-hydrogen) atoms. The number of carbonyl (C=O) groups excluding carboxylic acids is 1. The Kier molecular flexibility index (Phi) is 5.73. The zero-order chi connectivity index (χ0) is 12.0. The molecule has 4 N–H and O–H groups in total. The molecule has 0 radical (unpaired) electrons. The van der Waals surface area contributed by atoms with Crippen LogP contribution in [0.3, 0.4) is 0 Å². The van der Waals surface area contributed by atoms with Crippen LogP contribution in [-0.4, -0.2) is 61.0 Å². The van der Waals surface area contributed by atoms with Gasteiger partial charge >= 0.3 is 0 Å². The Morgan fingerprint density at radius 3 is 2.38 bits per heavy atom. The smallest absolute Gasteiger partial charge is 0.231 e. The fourth-order valence-corrected chi connectivity index (χ4v) is 2.34. The Balaban J connectivity index is 2.32. The maximum Gasteiger partial charge on any atom is 0.231 e. The maximum atomic E-state index is 10.8. The fraction of sp³-hybridized carbons (Fsp3) is 0.909. The van der Waals surface area contributed by atoms with Gasteiger partial charge in [0, 0.05) is 32.2 Å². The molecule has 5 heteroatoms. The summed E-state index contributed by atoms with van der Waals surface area (Å²) in [5.41, 5.74) is 10.8. The molecule has 0 aromatic carbocycles. The van der Waals surface area contributed by atoms with E-state index in [1.54, 1.807) is 0 Å². The number of piperazine rings is 1. The number of nitrogens with two attached hydrogens (primary N) is 2. The Bertz CT molecular complexity index is 214. The highest BCUT2D eigenvalue weighted by atomic mass is 16.1. The monoisotopic (exact) mass is 228 g/mol. The first-order valence-corrected chi connectivity index (χ1v) is 6.12. The highest BCUT2D eigenvalue weighted by molar-refractivity contribution is 5.75. The van der Waals surface area contributed by atoms with Crippen molar-refractivity contribution in [3.05, 3.63) is 0 Å². The number of nitrogens with zero attached hydrogens (tertiary/aromatic N) is 2. The normalized spacial score (nSPS) is 20.9. The highest BCUT2D eigenvalue weighted by Crippen LogP contribution is 2.11. The van der Waals surface area contributed by atoms with Crippen LogP contribution in [0.15, 0.2) is 0 Å². The minimum atomic E-state index is -0.234. The Morgan fingerprint density at radius 2 is 1.94 bits per heavy atom. The van der Waals surface area contributed by atoms with Crippen molar-refractivity contribution in [3.8, 4) is 0 Å². The predicted octanol–water partition coefficient (Wildman–Crippen LogP) is -0.783. The summed E-state index contributed by atoms with van der Waals surface area (Å²) in [4.78, 5) is 15.4. The summed E-state index contributed by atoms with van der Waals surface area (Å²) in [6, 6.07) is 0.598. The van der Waals surface area contributed by atoms with E-state index in [2.05, 4.69) is 16.7 Å². The van der Waals surface area contributed by atoms with Crippen molar-refractivity contribution in [2.24, 2.45) is 11.5 Å². The van der Waals surface area contributed by atoms with Crippen LogP contribution in [-0.2, 0) is 4.79 Å². The summed E-state index contributed by atoms with van der Waals surface area (Å²) >= 11 is 0. The van der Waals surface area contributed by atoms with Crippen molar-refractivity contribution in [1.29, 1.82) is 0 Å². The van der Waals surface area contributed by atoms with Crippen LogP contribution in [0.4, 0.5) is 0 Å². The first kappa shape index (κ1) is 13.4. The van der Waals surface area contributed by atoms with Gasteiger partial charge in [0.15, 0.2) is 0 Å². The van der Waals surface area contributed by atoms with Gasteiger partial charge in [-0.05, 0) is 19.4 Å². The van der Waals surface area contributed by atoms with E-state index in [0.29, 0.717) is 12.6 Å². The van der Waals surface area contributed by atoms with Crippen LogP contribution in [0.5, 0.6) is 0 Å². The third-order valence-corrected chi connectivity index (χ3v) is 3.27. The van der Waals surface area contributed by atoms with Gasteiger partial charge in [0.2, 0.25) is 5.91 Å². The quantitative estimate of drug-likeness (QED) is 0.625. The molecule has 5 nitrogen and oxygen atoms in total. The van der Waals surface area contributed by atoms with Gasteiger partial charge in [-0.2, -0.15) is 0 Å². The lowest BCUT2D eigenvalue weighted by atomic mass is 10.1. The number of primary amides is 1. The topological polar surface area (TPSA) is 75.6 Å². The summed E-state index contributed by atoms with van der Waals surface area (Å²) in [5, 5.41) is 0. The molecule has 1 fully saturated rings. The second kappa shape index (κ2) is 6.83. The molecule has 94 valence electrons. The van der Waals surface area contributed by atoms with Gasteiger partial charge in [0.05, 0.1) is 6.54 Å². The van der Waals surface area contributed by atoms with E-state index in [1.807, 2.05) is 0 Å². The van der Waals surface area contributed by atoms with Gasteiger partial charge in [-0.3, -0.25) is 14.6 Å². The van der Waals surface area contributed by atoms with Crippen LogP contribution in [0.1, 0.15) is 19.8 Å². The summed E-state index contributed by atoms with van der Waals surface area (Å²) in [6.07, 6.45) is 2.21. The summed E-state index contributed by atoms with van der Waals surface area (Å²) in [5.74, 6) is -0.234. The highest BCUT2D eigenvalue weighted by Gasteiger charge is 2.22. The van der Waals surface area contributed by atoms with Gasteiger partial charge < -0.3 is 11.5 Å². The van der Waals surface area contributed by atoms with Gasteiger partial charge in [0.25, 0.3) is 0 Å². The molecule has 1 amide bonds. The Hall–Kier alpha value is -0.650. The molecule has 0 aromatic heterocycles. The minimum absolute atomic E-state index is 0.234. The van der Waals surface area contributed by atoms with Crippen molar-refractivity contribution >= 4 is 5.91 Å². The average molecular weight is 228 g/mol. The van der Waals surface area contributed by atoms with Crippen molar-refractivity contribution < 1.29 is 4.79 Å². The van der Waals surface area contributed by atoms with E-state index in [0.717, 1.165) is 45.6 Å². The van der Waals surface area contributed by atoms with Gasteiger partial charge in [-0.1, -0.05) is 6.92 Å². The molecule has 1 aliphatic rings. The number of hydrogen-bond donors (Lipinski definition) is 2. The predicted molar refractivity (Wildman–Crippen MR) is 65.0 cm³/mol. The number of rotatable bonds is 6. The summed E-state index contributed by atoms with van der Waals surface area (Å²) in [6.45, 7) is 7.25. The second-order valence-corrected chi connectivity index (χ2v) is 4.42. The third kappa shape index (κ3) is 4.08. The van der Waals surface area contributed by atoms with Gasteiger partial charge in [-0.25, -0.2) is 0 Å². The number of amides is 1. The standard InChI is InChI=1S/C11H24N4O/c1-2-10(3-4-12)15-7-5-14(6-8-15)9-11(13)16/h10H,2-9,12H2,1H3,(H2,13,16). The molecule has 0 saturated carbocycles. The van der Waals surface area contributed by atoms with E-state index in [-0.39, 0.29) is 5.91 Å². The molecular weight excluding hydrogens is 204 g/mol. The molecule has 1 unspecified atom stereocenters. The summed E-state index contributed by atoms with van der Waals surface area (Å²) in [7, 11) is 0. The van der Waals surface area contributed by atoms with Crippen molar-refractivity contribution in [2.75, 3.05) is 39.3 Å². The van der Waals surface area contributed by atoms with Crippen molar-refractivity contribution in [3.63, 3.8) is 0 Å². The van der Waals surface area contributed by atoms with Gasteiger partial charge in [0.1, 0.15) is 0 Å². The first-order chi connectivity index (χ1) is 7.67. The van der Waals surface area contributed by atoms with Crippen LogP contribution >= 0.6 is 0 Å². The molecule has 1 saturated heterocycles. The lowest BCUT2D eigenvalue weighted by Gasteiger charge is -2.38. The van der Waals surface area contributed by atoms with Crippen LogP contribution < -0.4 is 11.5 Å². The third-order valence-electron chi connectivity index (χ3n) is 3.27. The van der Waals surface area contributed by atoms with Crippen molar-refractivity contribution in [2.45, 2.75) is 25.8 Å². The molecule has 1 aliphatic heterocycles. The van der Waals surface area contributed by atoms with E-state index in [1.165, 1.54) is 0 Å². The summed E-state index contributed by atoms with van der Waals surface area (Å²) < 4.78 is 0. The SMILES string of the molecule is CCC(CCN)N1CCN(CC(N)=O)CC1. The molecule has 0 aliphatic carbocycles. The molecule has 1 atom stereocenters. The fourth-order valence-electron chi connectivity index (χ4n) is 2.34. The first-order valence-electron chi connectivity index (χ1n) is 6.12. The van der Waals surface area contributed by atoms with E-state index >= 15 is 0 Å². The zero-order valence-electron chi connectivity index (χ0n) is 10.2. The zero-order valence-corrected chi connectivity index (χ0v) is 10.2. The average Bonchev–Trinajstić information content (AvgIpc) is 2.26. The van der Waals surface area contributed by atoms with Crippen LogP contribution in [0, 0.1) is 0 Å². The molecule has 1 rings (SSSR count). The molecule has 0 aromatic rings. The minimum Gasteiger partial charge on any atom is -0.369 e. The number of carbonyl (C=O) groups is 1. The molecule has 0 spiro atoms. The maximum absolute atomic E-state index is 10.8.